The summed E-state index contributed by atoms with van der Waals surface area (Å²) in [5.41, 5.74) is 2.00. The first-order valence-corrected chi connectivity index (χ1v) is 9.71. The molecule has 1 aromatic carbocycles. The summed E-state index contributed by atoms with van der Waals surface area (Å²) in [6.07, 6.45) is 6.65. The molecule has 1 fully saturated rings. The highest BCUT2D eigenvalue weighted by molar-refractivity contribution is 8.00. The van der Waals surface area contributed by atoms with Crippen molar-refractivity contribution in [3.63, 3.8) is 0 Å². The van der Waals surface area contributed by atoms with Crippen molar-refractivity contribution < 1.29 is 14.3 Å². The van der Waals surface area contributed by atoms with Gasteiger partial charge in [0.1, 0.15) is 5.54 Å². The van der Waals surface area contributed by atoms with Gasteiger partial charge >= 0.3 is 5.97 Å². The standard InChI is InChI=1S/C19H22N2O3S/c20-13-19(8-1-2-9-19)21-17(22)11-24-18(23)12-25-16-7-6-14-4-3-5-15(14)10-16/h6-7,10H,1-5,8-9,11-12H2,(H,21,22). The molecule has 2 aliphatic carbocycles. The Morgan fingerprint density at radius 3 is 2.72 bits per heavy atom. The summed E-state index contributed by atoms with van der Waals surface area (Å²) >= 11 is 1.42. The van der Waals surface area contributed by atoms with Gasteiger partial charge in [0, 0.05) is 4.90 Å². The molecule has 25 heavy (non-hydrogen) atoms. The predicted molar refractivity (Wildman–Crippen MR) is 95.1 cm³/mol. The van der Waals surface area contributed by atoms with Crippen molar-refractivity contribution in [1.29, 1.82) is 5.26 Å². The van der Waals surface area contributed by atoms with Gasteiger partial charge < -0.3 is 10.1 Å². The zero-order valence-electron chi connectivity index (χ0n) is 14.2. The fourth-order valence-electron chi connectivity index (χ4n) is 3.51. The first-order valence-electron chi connectivity index (χ1n) is 8.73. The van der Waals surface area contributed by atoms with E-state index >= 15 is 0 Å². The molecule has 132 valence electrons. The number of benzene rings is 1. The van der Waals surface area contributed by atoms with Crippen molar-refractivity contribution in [2.75, 3.05) is 12.4 Å². The monoisotopic (exact) mass is 358 g/mol. The van der Waals surface area contributed by atoms with E-state index in [4.69, 9.17) is 4.74 Å². The van der Waals surface area contributed by atoms with E-state index < -0.39 is 17.4 Å². The number of aryl methyl sites for hydroxylation is 2. The van der Waals surface area contributed by atoms with Crippen LogP contribution in [0.25, 0.3) is 0 Å². The van der Waals surface area contributed by atoms with Gasteiger partial charge in [-0.25, -0.2) is 0 Å². The number of amides is 1. The van der Waals surface area contributed by atoms with E-state index in [9.17, 15) is 14.9 Å². The summed E-state index contributed by atoms with van der Waals surface area (Å²) < 4.78 is 5.04. The Kier molecular flexibility index (Phi) is 5.64. The van der Waals surface area contributed by atoms with E-state index in [0.29, 0.717) is 12.8 Å². The van der Waals surface area contributed by atoms with Crippen LogP contribution in [0, 0.1) is 11.3 Å². The van der Waals surface area contributed by atoms with Gasteiger partial charge in [0.15, 0.2) is 6.61 Å². The molecule has 1 saturated carbocycles. The van der Waals surface area contributed by atoms with Gasteiger partial charge in [-0.3, -0.25) is 9.59 Å². The number of nitriles is 1. The molecule has 1 amide bonds. The van der Waals surface area contributed by atoms with E-state index in [1.54, 1.807) is 0 Å². The molecule has 0 atom stereocenters. The lowest BCUT2D eigenvalue weighted by Gasteiger charge is -2.21. The number of fused-ring (bicyclic) bond motifs is 1. The molecule has 0 saturated heterocycles. The summed E-state index contributed by atoms with van der Waals surface area (Å²) in [4.78, 5) is 24.8. The lowest BCUT2D eigenvalue weighted by atomic mass is 10.00. The number of ether oxygens (including phenoxy) is 1. The molecular weight excluding hydrogens is 336 g/mol. The molecule has 6 heteroatoms. The third-order valence-electron chi connectivity index (χ3n) is 4.84. The maximum atomic E-state index is 11.9. The van der Waals surface area contributed by atoms with Crippen LogP contribution in [0.5, 0.6) is 0 Å². The molecule has 0 spiro atoms. The maximum absolute atomic E-state index is 11.9. The van der Waals surface area contributed by atoms with Crippen LogP contribution in [-0.4, -0.2) is 29.8 Å². The zero-order chi connectivity index (χ0) is 17.7. The van der Waals surface area contributed by atoms with Crippen LogP contribution in [0.4, 0.5) is 0 Å². The van der Waals surface area contributed by atoms with Gasteiger partial charge in [-0.1, -0.05) is 6.07 Å². The van der Waals surface area contributed by atoms with E-state index in [1.165, 1.54) is 29.3 Å². The Balaban J connectivity index is 1.41. The molecular formula is C19H22N2O3S. The molecule has 3 rings (SSSR count). The van der Waals surface area contributed by atoms with Crippen molar-refractivity contribution in [3.05, 3.63) is 29.3 Å². The van der Waals surface area contributed by atoms with E-state index in [2.05, 4.69) is 23.5 Å². The molecule has 0 heterocycles. The largest absolute Gasteiger partial charge is 0.455 e. The summed E-state index contributed by atoms with van der Waals surface area (Å²) in [6.45, 7) is -0.326. The Bertz CT molecular complexity index is 705. The topological polar surface area (TPSA) is 79.2 Å². The normalized spacial score (nSPS) is 17.6. The highest BCUT2D eigenvalue weighted by Gasteiger charge is 2.35. The SMILES string of the molecule is N#CC1(NC(=O)COC(=O)CSc2ccc3c(c2)CCC3)CCCC1. The summed E-state index contributed by atoms with van der Waals surface area (Å²) in [7, 11) is 0. The lowest BCUT2D eigenvalue weighted by Crippen LogP contribution is -2.46. The number of hydrogen-bond donors (Lipinski definition) is 1. The van der Waals surface area contributed by atoms with Gasteiger partial charge in [0.25, 0.3) is 5.91 Å². The Morgan fingerprint density at radius 2 is 1.96 bits per heavy atom. The summed E-state index contributed by atoms with van der Waals surface area (Å²) in [5.74, 6) is -0.646. The lowest BCUT2D eigenvalue weighted by molar-refractivity contribution is -0.146. The molecule has 5 nitrogen and oxygen atoms in total. The van der Waals surface area contributed by atoms with Gasteiger partial charge in [0.2, 0.25) is 0 Å². The second-order valence-electron chi connectivity index (χ2n) is 6.68. The second-order valence-corrected chi connectivity index (χ2v) is 7.73. The van der Waals surface area contributed by atoms with Crippen molar-refractivity contribution >= 4 is 23.6 Å². The van der Waals surface area contributed by atoms with Crippen LogP contribution in [-0.2, 0) is 27.2 Å². The molecule has 1 N–H and O–H groups in total. The van der Waals surface area contributed by atoms with Crippen molar-refractivity contribution in [3.8, 4) is 6.07 Å². The first-order chi connectivity index (χ1) is 12.1. The molecule has 0 aliphatic heterocycles. The van der Waals surface area contributed by atoms with Crippen LogP contribution in [0.15, 0.2) is 23.1 Å². The molecule has 0 radical (unpaired) electrons. The minimum absolute atomic E-state index is 0.176. The fraction of sp³-hybridized carbons (Fsp3) is 0.526. The quantitative estimate of drug-likeness (QED) is 0.625. The number of nitrogens with zero attached hydrogens (tertiary/aromatic N) is 1. The van der Waals surface area contributed by atoms with E-state index in [1.807, 2.05) is 6.07 Å². The third-order valence-corrected chi connectivity index (χ3v) is 5.81. The van der Waals surface area contributed by atoms with Gasteiger partial charge in [0.05, 0.1) is 11.8 Å². The number of carbonyl (C=O) groups is 2. The average Bonchev–Trinajstić information content (AvgIpc) is 3.27. The van der Waals surface area contributed by atoms with Crippen molar-refractivity contribution in [1.82, 2.24) is 5.32 Å². The molecule has 2 aliphatic rings. The summed E-state index contributed by atoms with van der Waals surface area (Å²) in [5, 5.41) is 12.0. The number of esters is 1. The number of nitrogens with one attached hydrogen (secondary N) is 1. The Hall–Kier alpha value is -2.00. The number of hydrogen-bond acceptors (Lipinski definition) is 5. The Labute approximate surface area is 152 Å². The number of carbonyl (C=O) groups excluding carboxylic acids is 2. The van der Waals surface area contributed by atoms with Crippen LogP contribution in [0.1, 0.15) is 43.2 Å². The molecule has 1 aromatic rings. The number of rotatable bonds is 6. The van der Waals surface area contributed by atoms with E-state index in [-0.39, 0.29) is 12.4 Å². The maximum Gasteiger partial charge on any atom is 0.316 e. The highest BCUT2D eigenvalue weighted by atomic mass is 32.2. The first kappa shape index (κ1) is 17.8. The van der Waals surface area contributed by atoms with Crippen molar-refractivity contribution in [2.45, 2.75) is 55.4 Å². The third kappa shape index (κ3) is 4.55. The van der Waals surface area contributed by atoms with Crippen molar-refractivity contribution in [2.24, 2.45) is 0 Å². The van der Waals surface area contributed by atoms with Gasteiger partial charge in [-0.15, -0.1) is 11.8 Å². The van der Waals surface area contributed by atoms with Gasteiger partial charge in [-0.2, -0.15) is 5.26 Å². The smallest absolute Gasteiger partial charge is 0.316 e. The van der Waals surface area contributed by atoms with E-state index in [0.717, 1.165) is 30.6 Å². The minimum Gasteiger partial charge on any atom is -0.455 e. The zero-order valence-corrected chi connectivity index (χ0v) is 15.0. The fourth-order valence-corrected chi connectivity index (χ4v) is 4.27. The van der Waals surface area contributed by atoms with Crippen LogP contribution < -0.4 is 5.32 Å². The minimum atomic E-state index is -0.775. The van der Waals surface area contributed by atoms with Crippen LogP contribution >= 0.6 is 11.8 Å². The Morgan fingerprint density at radius 1 is 1.20 bits per heavy atom. The number of thioether (sulfide) groups is 1. The molecule has 0 bridgehead atoms. The second kappa shape index (κ2) is 7.92. The average molecular weight is 358 g/mol. The predicted octanol–water partition coefficient (Wildman–Crippen LogP) is 2.76. The summed E-state index contributed by atoms with van der Waals surface area (Å²) in [6, 6.07) is 8.49. The molecule has 0 aromatic heterocycles. The highest BCUT2D eigenvalue weighted by Crippen LogP contribution is 2.29. The van der Waals surface area contributed by atoms with Crippen LogP contribution in [0.2, 0.25) is 0 Å². The van der Waals surface area contributed by atoms with Crippen LogP contribution in [0.3, 0.4) is 0 Å². The molecule has 0 unspecified atom stereocenters. The van der Waals surface area contributed by atoms with Gasteiger partial charge in [-0.05, 0) is 68.2 Å².